The fraction of sp³-hybridized carbons (Fsp3) is 0.125. The number of rotatable bonds is 3. The molecule has 0 radical (unpaired) electrons. The topological polar surface area (TPSA) is 34.0 Å². The highest BCUT2D eigenvalue weighted by atomic mass is 32.2. The van der Waals surface area contributed by atoms with Gasteiger partial charge in [-0.05, 0) is 23.8 Å². The Morgan fingerprint density at radius 2 is 2.17 bits per heavy atom. The molecule has 0 fully saturated rings. The average Bonchev–Trinajstić information content (AvgIpc) is 2.53. The number of aromatic nitrogens is 1. The van der Waals surface area contributed by atoms with Crippen LogP contribution in [0.2, 0.25) is 0 Å². The molecule has 0 spiro atoms. The van der Waals surface area contributed by atoms with Gasteiger partial charge in [-0.25, -0.2) is 0 Å². The van der Waals surface area contributed by atoms with Gasteiger partial charge in [-0.1, -0.05) is 0 Å². The minimum atomic E-state index is -0.124. The van der Waals surface area contributed by atoms with Gasteiger partial charge in [0.25, 0.3) is 5.91 Å². The van der Waals surface area contributed by atoms with Gasteiger partial charge in [0.1, 0.15) is 0 Å². The van der Waals surface area contributed by atoms with Crippen molar-refractivity contribution in [1.29, 1.82) is 0 Å². The van der Waals surface area contributed by atoms with Crippen molar-refractivity contribution in [2.24, 2.45) is 0 Å². The van der Waals surface area contributed by atoms with Crippen LogP contribution >= 0.6 is 11.8 Å². The largest absolute Gasteiger partial charge is 0.268 e. The van der Waals surface area contributed by atoms with Gasteiger partial charge < -0.3 is 0 Å². The summed E-state index contributed by atoms with van der Waals surface area (Å²) in [4.78, 5) is 11.0. The van der Waals surface area contributed by atoms with Gasteiger partial charge >= 0.3 is 0 Å². The molecule has 1 aromatic heterocycles. The van der Waals surface area contributed by atoms with E-state index in [1.54, 1.807) is 22.5 Å². The zero-order valence-electron chi connectivity index (χ0n) is 6.73. The standard InChI is InChI=1S/C8H10N2OS/c1-12-7-4-8(11)9-10-5-2-3-6-10/h2-7H,1H3,(H,9,11)/b7-4+. The van der Waals surface area contributed by atoms with Gasteiger partial charge in [0.2, 0.25) is 0 Å². The van der Waals surface area contributed by atoms with Crippen LogP contribution in [0.4, 0.5) is 0 Å². The van der Waals surface area contributed by atoms with Crippen LogP contribution in [0.3, 0.4) is 0 Å². The van der Waals surface area contributed by atoms with Crippen molar-refractivity contribution in [3.63, 3.8) is 0 Å². The Balaban J connectivity index is 2.42. The van der Waals surface area contributed by atoms with E-state index >= 15 is 0 Å². The molecule has 0 saturated carbocycles. The second kappa shape index (κ2) is 4.66. The summed E-state index contributed by atoms with van der Waals surface area (Å²) in [7, 11) is 0. The summed E-state index contributed by atoms with van der Waals surface area (Å²) in [6, 6.07) is 3.69. The highest BCUT2D eigenvalue weighted by Gasteiger charge is 1.92. The van der Waals surface area contributed by atoms with Gasteiger partial charge in [0, 0.05) is 18.5 Å². The summed E-state index contributed by atoms with van der Waals surface area (Å²) in [6.07, 6.45) is 6.93. The van der Waals surface area contributed by atoms with Gasteiger partial charge in [0.15, 0.2) is 0 Å². The first-order valence-electron chi connectivity index (χ1n) is 3.46. The number of carbonyl (C=O) groups is 1. The molecule has 0 atom stereocenters. The Bertz CT molecular complexity index is 267. The molecular weight excluding hydrogens is 172 g/mol. The molecule has 64 valence electrons. The van der Waals surface area contributed by atoms with Crippen molar-refractivity contribution >= 4 is 17.7 Å². The SMILES string of the molecule is CS/C=C/C(=O)Nn1cccc1. The molecule has 0 aliphatic rings. The van der Waals surface area contributed by atoms with Gasteiger partial charge in [0.05, 0.1) is 0 Å². The molecule has 0 unspecified atom stereocenters. The Hall–Kier alpha value is -1.16. The Morgan fingerprint density at radius 3 is 2.75 bits per heavy atom. The number of nitrogens with zero attached hydrogens (tertiary/aromatic N) is 1. The normalized spacial score (nSPS) is 10.4. The molecule has 1 amide bonds. The van der Waals surface area contributed by atoms with E-state index in [4.69, 9.17) is 0 Å². The molecular formula is C8H10N2OS. The monoisotopic (exact) mass is 182 g/mol. The number of carbonyl (C=O) groups excluding carboxylic acids is 1. The number of thioether (sulfide) groups is 1. The maximum atomic E-state index is 11.0. The summed E-state index contributed by atoms with van der Waals surface area (Å²) in [5.41, 5.74) is 2.63. The highest BCUT2D eigenvalue weighted by Crippen LogP contribution is 1.93. The first-order chi connectivity index (χ1) is 5.83. The van der Waals surface area contributed by atoms with E-state index < -0.39 is 0 Å². The number of nitrogens with one attached hydrogen (secondary N) is 1. The van der Waals surface area contributed by atoms with Crippen molar-refractivity contribution < 1.29 is 4.79 Å². The molecule has 0 bridgehead atoms. The zero-order chi connectivity index (χ0) is 8.81. The molecule has 1 heterocycles. The van der Waals surface area contributed by atoms with Crippen LogP contribution in [0.1, 0.15) is 0 Å². The quantitative estimate of drug-likeness (QED) is 0.718. The fourth-order valence-electron chi connectivity index (χ4n) is 0.703. The predicted molar refractivity (Wildman–Crippen MR) is 51.5 cm³/mol. The summed E-state index contributed by atoms with van der Waals surface area (Å²) in [5, 5.41) is 1.73. The molecule has 0 aliphatic heterocycles. The average molecular weight is 182 g/mol. The summed E-state index contributed by atoms with van der Waals surface area (Å²) in [6.45, 7) is 0. The Kier molecular flexibility index (Phi) is 3.47. The third-order valence-corrected chi connectivity index (χ3v) is 1.61. The first-order valence-corrected chi connectivity index (χ1v) is 4.75. The van der Waals surface area contributed by atoms with E-state index in [0.717, 1.165) is 0 Å². The lowest BCUT2D eigenvalue weighted by Crippen LogP contribution is -2.18. The van der Waals surface area contributed by atoms with Crippen LogP contribution in [-0.4, -0.2) is 16.8 Å². The molecule has 4 heteroatoms. The maximum absolute atomic E-state index is 11.0. The fourth-order valence-corrected chi connectivity index (χ4v) is 0.963. The van der Waals surface area contributed by atoms with Crippen molar-refractivity contribution in [2.75, 3.05) is 11.7 Å². The van der Waals surface area contributed by atoms with E-state index in [0.29, 0.717) is 0 Å². The molecule has 1 N–H and O–H groups in total. The van der Waals surface area contributed by atoms with E-state index in [1.807, 2.05) is 18.4 Å². The van der Waals surface area contributed by atoms with Gasteiger partial charge in [-0.2, -0.15) is 0 Å². The third kappa shape index (κ3) is 2.84. The number of hydrogen-bond donors (Lipinski definition) is 1. The molecule has 3 nitrogen and oxygen atoms in total. The number of amides is 1. The smallest absolute Gasteiger partial charge is 0.263 e. The lowest BCUT2D eigenvalue weighted by molar-refractivity contribution is -0.112. The van der Waals surface area contributed by atoms with Crippen LogP contribution in [-0.2, 0) is 4.79 Å². The predicted octanol–water partition coefficient (Wildman–Crippen LogP) is 1.43. The van der Waals surface area contributed by atoms with Gasteiger partial charge in [-0.15, -0.1) is 11.8 Å². The minimum Gasteiger partial charge on any atom is -0.268 e. The third-order valence-electron chi connectivity index (χ3n) is 1.20. The maximum Gasteiger partial charge on any atom is 0.263 e. The lowest BCUT2D eigenvalue weighted by Gasteiger charge is -2.00. The van der Waals surface area contributed by atoms with Gasteiger partial charge in [-0.3, -0.25) is 14.9 Å². The summed E-state index contributed by atoms with van der Waals surface area (Å²) in [5.74, 6) is -0.124. The number of hydrogen-bond acceptors (Lipinski definition) is 2. The lowest BCUT2D eigenvalue weighted by atomic mass is 10.6. The Labute approximate surface area is 75.4 Å². The minimum absolute atomic E-state index is 0.124. The Morgan fingerprint density at radius 1 is 1.50 bits per heavy atom. The summed E-state index contributed by atoms with van der Waals surface area (Å²) < 4.78 is 1.60. The highest BCUT2D eigenvalue weighted by molar-refractivity contribution is 8.01. The zero-order valence-corrected chi connectivity index (χ0v) is 7.54. The molecule has 1 aromatic rings. The molecule has 0 aromatic carbocycles. The van der Waals surface area contributed by atoms with Crippen molar-refractivity contribution in [2.45, 2.75) is 0 Å². The van der Waals surface area contributed by atoms with Crippen LogP contribution in [0.25, 0.3) is 0 Å². The first kappa shape index (κ1) is 8.93. The molecule has 0 saturated heterocycles. The van der Waals surface area contributed by atoms with E-state index in [2.05, 4.69) is 5.43 Å². The van der Waals surface area contributed by atoms with Crippen LogP contribution in [0, 0.1) is 0 Å². The van der Waals surface area contributed by atoms with Crippen LogP contribution in [0.5, 0.6) is 0 Å². The molecule has 1 rings (SSSR count). The second-order valence-electron chi connectivity index (χ2n) is 2.10. The van der Waals surface area contributed by atoms with Crippen molar-refractivity contribution in [3.05, 3.63) is 36.0 Å². The van der Waals surface area contributed by atoms with Crippen molar-refractivity contribution in [1.82, 2.24) is 4.68 Å². The van der Waals surface area contributed by atoms with Crippen LogP contribution < -0.4 is 5.43 Å². The van der Waals surface area contributed by atoms with E-state index in [-0.39, 0.29) is 5.91 Å². The van der Waals surface area contributed by atoms with E-state index in [1.165, 1.54) is 17.8 Å². The summed E-state index contributed by atoms with van der Waals surface area (Å²) >= 11 is 1.49. The second-order valence-corrected chi connectivity index (χ2v) is 2.85. The molecule has 0 aliphatic carbocycles. The molecule has 12 heavy (non-hydrogen) atoms. The van der Waals surface area contributed by atoms with Crippen LogP contribution in [0.15, 0.2) is 36.0 Å². The van der Waals surface area contributed by atoms with E-state index in [9.17, 15) is 4.79 Å². The van der Waals surface area contributed by atoms with Crippen molar-refractivity contribution in [3.8, 4) is 0 Å².